The van der Waals surface area contributed by atoms with Crippen molar-refractivity contribution in [2.75, 3.05) is 5.73 Å². The molecular weight excluding hydrogens is 295 g/mol. The van der Waals surface area contributed by atoms with Crippen molar-refractivity contribution in [1.82, 2.24) is 15.1 Å². The Hall–Kier alpha value is -2.08. The minimum atomic E-state index is -0.491. The van der Waals surface area contributed by atoms with Gasteiger partial charge in [0.15, 0.2) is 0 Å². The summed E-state index contributed by atoms with van der Waals surface area (Å²) in [6.45, 7) is 2.14. The molecule has 0 saturated heterocycles. The van der Waals surface area contributed by atoms with Crippen LogP contribution in [0.3, 0.4) is 0 Å². The summed E-state index contributed by atoms with van der Waals surface area (Å²) in [5, 5.41) is 6.93. The van der Waals surface area contributed by atoms with Crippen molar-refractivity contribution < 1.29 is 9.18 Å². The van der Waals surface area contributed by atoms with Gasteiger partial charge in [-0.15, -0.1) is 0 Å². The topological polar surface area (TPSA) is 72.9 Å². The Morgan fingerprint density at radius 1 is 1.52 bits per heavy atom. The van der Waals surface area contributed by atoms with Gasteiger partial charge in [0.25, 0.3) is 5.91 Å². The van der Waals surface area contributed by atoms with Crippen LogP contribution in [0.25, 0.3) is 0 Å². The predicted molar refractivity (Wildman–Crippen MR) is 79.6 cm³/mol. The second-order valence-corrected chi connectivity index (χ2v) is 5.02. The molecule has 0 aliphatic carbocycles. The first-order valence-corrected chi connectivity index (χ1v) is 6.85. The first kappa shape index (κ1) is 15.3. The maximum absolute atomic E-state index is 13.1. The number of nitrogen functional groups attached to an aromatic ring is 1. The number of rotatable bonds is 4. The number of nitrogens with two attached hydrogens (primary N) is 1. The van der Waals surface area contributed by atoms with Gasteiger partial charge < -0.3 is 11.1 Å². The van der Waals surface area contributed by atoms with Crippen LogP contribution in [0.1, 0.15) is 28.7 Å². The van der Waals surface area contributed by atoms with E-state index in [1.165, 1.54) is 16.8 Å². The quantitative estimate of drug-likeness (QED) is 0.910. The van der Waals surface area contributed by atoms with E-state index in [1.54, 1.807) is 13.1 Å². The number of carbonyl (C=O) groups excluding carboxylic acids is 1. The molecule has 1 heterocycles. The van der Waals surface area contributed by atoms with Crippen molar-refractivity contribution in [3.63, 3.8) is 0 Å². The summed E-state index contributed by atoms with van der Waals surface area (Å²) >= 11 is 5.70. The molecule has 2 aromatic rings. The molecule has 21 heavy (non-hydrogen) atoms. The Kier molecular flexibility index (Phi) is 4.47. The average molecular weight is 311 g/mol. The van der Waals surface area contributed by atoms with Gasteiger partial charge in [-0.25, -0.2) is 4.39 Å². The van der Waals surface area contributed by atoms with Crippen molar-refractivity contribution in [3.05, 3.63) is 46.0 Å². The molecule has 0 radical (unpaired) electrons. The third-order valence-electron chi connectivity index (χ3n) is 3.15. The molecule has 7 heteroatoms. The first-order valence-electron chi connectivity index (χ1n) is 6.47. The summed E-state index contributed by atoms with van der Waals surface area (Å²) in [6, 6.07) is 4.30. The molecule has 0 aliphatic heterocycles. The van der Waals surface area contributed by atoms with Gasteiger partial charge in [-0.2, -0.15) is 5.10 Å². The molecule has 0 spiro atoms. The summed E-state index contributed by atoms with van der Waals surface area (Å²) in [6.07, 6.45) is 0.653. The van der Waals surface area contributed by atoms with Gasteiger partial charge in [0.05, 0.1) is 16.4 Å². The molecule has 0 atom stereocenters. The lowest BCUT2D eigenvalue weighted by Gasteiger charge is -2.07. The second kappa shape index (κ2) is 6.13. The maximum Gasteiger partial charge on any atom is 0.271 e. The lowest BCUT2D eigenvalue weighted by molar-refractivity contribution is 0.0942. The number of nitrogens with zero attached hydrogens (tertiary/aromatic N) is 2. The third-order valence-corrected chi connectivity index (χ3v) is 3.44. The number of amides is 1. The molecule has 2 rings (SSSR count). The molecule has 0 fully saturated rings. The molecule has 0 saturated carbocycles. The van der Waals surface area contributed by atoms with E-state index in [4.69, 9.17) is 17.3 Å². The van der Waals surface area contributed by atoms with E-state index in [2.05, 4.69) is 10.4 Å². The second-order valence-electron chi connectivity index (χ2n) is 4.62. The van der Waals surface area contributed by atoms with Gasteiger partial charge >= 0.3 is 0 Å². The Labute approximate surface area is 126 Å². The highest BCUT2D eigenvalue weighted by atomic mass is 35.5. The largest absolute Gasteiger partial charge is 0.395 e. The molecule has 1 amide bonds. The summed E-state index contributed by atoms with van der Waals surface area (Å²) in [5.74, 6) is -0.821. The highest BCUT2D eigenvalue weighted by molar-refractivity contribution is 6.30. The fourth-order valence-corrected chi connectivity index (χ4v) is 2.25. The van der Waals surface area contributed by atoms with Crippen LogP contribution in [0.15, 0.2) is 18.2 Å². The van der Waals surface area contributed by atoms with Crippen LogP contribution in [0.2, 0.25) is 5.02 Å². The van der Waals surface area contributed by atoms with Crippen LogP contribution < -0.4 is 11.1 Å². The fourth-order valence-electron chi connectivity index (χ4n) is 2.04. The smallest absolute Gasteiger partial charge is 0.271 e. The van der Waals surface area contributed by atoms with Gasteiger partial charge in [0, 0.05) is 13.6 Å². The minimum Gasteiger partial charge on any atom is -0.395 e. The Morgan fingerprint density at radius 3 is 2.81 bits per heavy atom. The van der Waals surface area contributed by atoms with E-state index >= 15 is 0 Å². The molecular formula is C14H16ClFN4O. The zero-order chi connectivity index (χ0) is 15.6. The molecule has 112 valence electrons. The highest BCUT2D eigenvalue weighted by Crippen LogP contribution is 2.18. The monoisotopic (exact) mass is 310 g/mol. The number of carbonyl (C=O) groups is 1. The number of anilines is 1. The number of benzene rings is 1. The molecule has 0 aliphatic rings. The summed E-state index contributed by atoms with van der Waals surface area (Å²) in [7, 11) is 1.67. The molecule has 5 nitrogen and oxygen atoms in total. The highest BCUT2D eigenvalue weighted by Gasteiger charge is 2.18. The molecule has 0 unspecified atom stereocenters. The number of nitrogens with one attached hydrogen (secondary N) is 1. The van der Waals surface area contributed by atoms with Crippen LogP contribution in [0.5, 0.6) is 0 Å². The average Bonchev–Trinajstić information content (AvgIpc) is 2.74. The van der Waals surface area contributed by atoms with Crippen LogP contribution >= 0.6 is 11.6 Å². The summed E-state index contributed by atoms with van der Waals surface area (Å²) in [4.78, 5) is 12.2. The van der Waals surface area contributed by atoms with Crippen LogP contribution in [-0.2, 0) is 20.0 Å². The fraction of sp³-hybridized carbons (Fsp3) is 0.286. The van der Waals surface area contributed by atoms with Gasteiger partial charge in [-0.1, -0.05) is 24.6 Å². The van der Waals surface area contributed by atoms with Crippen molar-refractivity contribution in [2.45, 2.75) is 19.9 Å². The Balaban J connectivity index is 2.11. The van der Waals surface area contributed by atoms with Crippen LogP contribution in [0, 0.1) is 5.82 Å². The SMILES string of the molecule is CCc1nn(C)c(C(=O)NCc2ccc(F)c(Cl)c2)c1N. The van der Waals surface area contributed by atoms with Crippen LogP contribution in [0.4, 0.5) is 10.1 Å². The standard InChI is InChI=1S/C14H16ClFN4O/c1-3-11-12(17)13(20(2)19-11)14(21)18-7-8-4-5-10(16)9(15)6-8/h4-6H,3,7,17H2,1-2H3,(H,18,21). The van der Waals surface area contributed by atoms with Crippen molar-refractivity contribution in [2.24, 2.45) is 7.05 Å². The van der Waals surface area contributed by atoms with Crippen molar-refractivity contribution in [3.8, 4) is 0 Å². The van der Waals surface area contributed by atoms with E-state index in [9.17, 15) is 9.18 Å². The predicted octanol–water partition coefficient (Wildman–Crippen LogP) is 2.29. The normalized spacial score (nSPS) is 10.7. The number of aromatic nitrogens is 2. The van der Waals surface area contributed by atoms with Gasteiger partial charge in [0.1, 0.15) is 11.5 Å². The first-order chi connectivity index (χ1) is 9.93. The molecule has 1 aromatic heterocycles. The molecule has 0 bridgehead atoms. The third kappa shape index (κ3) is 3.16. The Bertz CT molecular complexity index is 684. The number of hydrogen-bond donors (Lipinski definition) is 2. The van der Waals surface area contributed by atoms with Gasteiger partial charge in [-0.3, -0.25) is 9.48 Å². The van der Waals surface area contributed by atoms with E-state index in [0.717, 1.165) is 0 Å². The number of aryl methyl sites for hydroxylation is 2. The van der Waals surface area contributed by atoms with E-state index in [1.807, 2.05) is 6.92 Å². The molecule has 3 N–H and O–H groups in total. The molecule has 1 aromatic carbocycles. The van der Waals surface area contributed by atoms with Gasteiger partial charge in [0.2, 0.25) is 0 Å². The van der Waals surface area contributed by atoms with Crippen molar-refractivity contribution in [1.29, 1.82) is 0 Å². The summed E-state index contributed by atoms with van der Waals surface area (Å²) in [5.41, 5.74) is 8.00. The van der Waals surface area contributed by atoms with Gasteiger partial charge in [-0.05, 0) is 24.1 Å². The zero-order valence-corrected chi connectivity index (χ0v) is 12.5. The Morgan fingerprint density at radius 2 is 2.24 bits per heavy atom. The number of hydrogen-bond acceptors (Lipinski definition) is 3. The van der Waals surface area contributed by atoms with Crippen LogP contribution in [-0.4, -0.2) is 15.7 Å². The minimum absolute atomic E-state index is 0.0232. The zero-order valence-electron chi connectivity index (χ0n) is 11.8. The maximum atomic E-state index is 13.1. The van der Waals surface area contributed by atoms with E-state index in [0.29, 0.717) is 29.1 Å². The van der Waals surface area contributed by atoms with Crippen molar-refractivity contribution >= 4 is 23.2 Å². The number of halogens is 2. The lowest BCUT2D eigenvalue weighted by atomic mass is 10.2. The lowest BCUT2D eigenvalue weighted by Crippen LogP contribution is -2.26. The van der Waals surface area contributed by atoms with E-state index in [-0.39, 0.29) is 17.5 Å². The summed E-state index contributed by atoms with van der Waals surface area (Å²) < 4.78 is 14.5. The van der Waals surface area contributed by atoms with E-state index < -0.39 is 5.82 Å².